The Hall–Kier alpha value is -1.95. The molecule has 17 heavy (non-hydrogen) atoms. The number of benzene rings is 1. The van der Waals surface area contributed by atoms with E-state index in [2.05, 4.69) is 15.2 Å². The molecule has 0 saturated carbocycles. The number of halogens is 2. The van der Waals surface area contributed by atoms with E-state index in [0.29, 0.717) is 17.8 Å². The van der Waals surface area contributed by atoms with E-state index >= 15 is 0 Å². The van der Waals surface area contributed by atoms with Crippen LogP contribution in [-0.2, 0) is 6.42 Å². The molecule has 0 unspecified atom stereocenters. The average Bonchev–Trinajstić information content (AvgIpc) is 2.72. The lowest BCUT2D eigenvalue weighted by Gasteiger charge is -1.99. The number of carbonyl (C=O) groups is 1. The van der Waals surface area contributed by atoms with Crippen molar-refractivity contribution in [3.8, 4) is 0 Å². The van der Waals surface area contributed by atoms with Gasteiger partial charge in [0.1, 0.15) is 11.6 Å². The zero-order valence-corrected chi connectivity index (χ0v) is 9.20. The minimum absolute atomic E-state index is 0.0143. The van der Waals surface area contributed by atoms with Crippen LogP contribution in [0.25, 0.3) is 0 Å². The second-order valence-electron chi connectivity index (χ2n) is 3.34. The van der Waals surface area contributed by atoms with Gasteiger partial charge < -0.3 is 5.11 Å². The highest BCUT2D eigenvalue weighted by molar-refractivity contribution is 6.30. The number of hydrogen-bond acceptors (Lipinski definition) is 3. The van der Waals surface area contributed by atoms with Crippen LogP contribution in [0.4, 0.5) is 4.39 Å². The fourth-order valence-electron chi connectivity index (χ4n) is 1.31. The Kier molecular flexibility index (Phi) is 3.06. The van der Waals surface area contributed by atoms with E-state index in [-0.39, 0.29) is 10.8 Å². The number of nitrogens with zero attached hydrogens (tertiary/aromatic N) is 2. The zero-order chi connectivity index (χ0) is 12.4. The van der Waals surface area contributed by atoms with E-state index in [4.69, 9.17) is 16.7 Å². The number of carboxylic acid groups (broad SMARTS) is 1. The second-order valence-corrected chi connectivity index (χ2v) is 3.74. The molecule has 1 aromatic carbocycles. The van der Waals surface area contributed by atoms with Crippen molar-refractivity contribution in [1.29, 1.82) is 0 Å². The third kappa shape index (κ3) is 2.59. The summed E-state index contributed by atoms with van der Waals surface area (Å²) in [5.74, 6) is -1.62. The van der Waals surface area contributed by atoms with Crippen LogP contribution >= 0.6 is 11.6 Å². The first-order valence-electron chi connectivity index (χ1n) is 4.65. The van der Waals surface area contributed by atoms with E-state index in [1.807, 2.05) is 0 Å². The number of aromatic carboxylic acids is 1. The Bertz CT molecular complexity index is 570. The first-order chi connectivity index (χ1) is 8.06. The molecular weight excluding hydrogens is 249 g/mol. The Morgan fingerprint density at radius 2 is 2.29 bits per heavy atom. The summed E-state index contributed by atoms with van der Waals surface area (Å²) >= 11 is 5.62. The molecule has 0 saturated heterocycles. The lowest BCUT2D eigenvalue weighted by molar-refractivity contribution is 0.0684. The van der Waals surface area contributed by atoms with Gasteiger partial charge in [-0.25, -0.2) is 14.2 Å². The summed E-state index contributed by atoms with van der Waals surface area (Å²) in [5.41, 5.74) is 0.712. The maximum absolute atomic E-state index is 12.9. The second kappa shape index (κ2) is 4.50. The molecule has 0 bridgehead atoms. The topological polar surface area (TPSA) is 78.9 Å². The Labute approximate surface area is 100 Å². The molecule has 0 aliphatic carbocycles. The van der Waals surface area contributed by atoms with Crippen molar-refractivity contribution in [3.63, 3.8) is 0 Å². The molecule has 1 aromatic heterocycles. The Morgan fingerprint density at radius 3 is 2.88 bits per heavy atom. The normalized spacial score (nSPS) is 10.5. The van der Waals surface area contributed by atoms with E-state index in [0.717, 1.165) is 0 Å². The molecule has 88 valence electrons. The van der Waals surface area contributed by atoms with Gasteiger partial charge in [-0.1, -0.05) is 17.7 Å². The number of aromatic amines is 1. The molecule has 0 amide bonds. The SMILES string of the molecule is O=C(O)c1n[nH]c(Cc2ccc(F)c(Cl)c2)n1. The van der Waals surface area contributed by atoms with E-state index in [1.54, 1.807) is 6.07 Å². The smallest absolute Gasteiger partial charge is 0.375 e. The summed E-state index contributed by atoms with van der Waals surface area (Å²) < 4.78 is 12.9. The molecule has 7 heteroatoms. The summed E-state index contributed by atoms with van der Waals surface area (Å²) in [5, 5.41) is 14.6. The van der Waals surface area contributed by atoms with Crippen LogP contribution < -0.4 is 0 Å². The fraction of sp³-hybridized carbons (Fsp3) is 0.100. The van der Waals surface area contributed by atoms with Crippen molar-refractivity contribution < 1.29 is 14.3 Å². The first-order valence-corrected chi connectivity index (χ1v) is 5.02. The predicted octanol–water partition coefficient (Wildman–Crippen LogP) is 1.89. The Balaban J connectivity index is 2.19. The number of H-pyrrole nitrogens is 1. The highest BCUT2D eigenvalue weighted by atomic mass is 35.5. The molecule has 2 N–H and O–H groups in total. The molecule has 0 aliphatic heterocycles. The number of nitrogens with one attached hydrogen (secondary N) is 1. The van der Waals surface area contributed by atoms with Crippen LogP contribution in [0.2, 0.25) is 5.02 Å². The highest BCUT2D eigenvalue weighted by Gasteiger charge is 2.11. The van der Waals surface area contributed by atoms with Gasteiger partial charge in [-0.2, -0.15) is 0 Å². The van der Waals surface area contributed by atoms with Crippen LogP contribution in [0, 0.1) is 5.82 Å². The zero-order valence-electron chi connectivity index (χ0n) is 8.44. The van der Waals surface area contributed by atoms with Crippen LogP contribution in [0.3, 0.4) is 0 Å². The molecule has 0 radical (unpaired) electrons. The first kappa shape index (κ1) is 11.5. The molecule has 5 nitrogen and oxygen atoms in total. The van der Waals surface area contributed by atoms with Gasteiger partial charge in [0.05, 0.1) is 5.02 Å². The van der Waals surface area contributed by atoms with Crippen LogP contribution in [-0.4, -0.2) is 26.3 Å². The molecule has 0 atom stereocenters. The van der Waals surface area contributed by atoms with Gasteiger partial charge in [-0.05, 0) is 17.7 Å². The molecule has 2 aromatic rings. The van der Waals surface area contributed by atoms with Crippen molar-refractivity contribution in [2.75, 3.05) is 0 Å². The molecule has 2 rings (SSSR count). The minimum Gasteiger partial charge on any atom is -0.475 e. The van der Waals surface area contributed by atoms with Gasteiger partial charge in [-0.3, -0.25) is 5.10 Å². The molecular formula is C10H7ClFN3O2. The minimum atomic E-state index is -1.20. The number of hydrogen-bond donors (Lipinski definition) is 2. The van der Waals surface area contributed by atoms with Gasteiger partial charge in [-0.15, -0.1) is 5.10 Å². The van der Waals surface area contributed by atoms with Gasteiger partial charge in [0.2, 0.25) is 0 Å². The lowest BCUT2D eigenvalue weighted by atomic mass is 10.1. The van der Waals surface area contributed by atoms with Gasteiger partial charge >= 0.3 is 5.97 Å². The molecule has 0 spiro atoms. The maximum atomic E-state index is 12.9. The van der Waals surface area contributed by atoms with Crippen molar-refractivity contribution >= 4 is 17.6 Å². The number of rotatable bonds is 3. The molecule has 0 fully saturated rings. The summed E-state index contributed by atoms with van der Waals surface area (Å²) in [6.07, 6.45) is 0.306. The average molecular weight is 256 g/mol. The van der Waals surface area contributed by atoms with Crippen LogP contribution in [0.1, 0.15) is 22.0 Å². The number of aromatic nitrogens is 3. The summed E-state index contributed by atoms with van der Waals surface area (Å²) in [4.78, 5) is 14.3. The van der Waals surface area contributed by atoms with E-state index in [1.165, 1.54) is 12.1 Å². The van der Waals surface area contributed by atoms with Crippen molar-refractivity contribution in [3.05, 3.63) is 46.3 Å². The van der Waals surface area contributed by atoms with Gasteiger partial charge in [0.25, 0.3) is 5.82 Å². The highest BCUT2D eigenvalue weighted by Crippen LogP contribution is 2.17. The van der Waals surface area contributed by atoms with Crippen molar-refractivity contribution in [1.82, 2.24) is 15.2 Å². The van der Waals surface area contributed by atoms with E-state index in [9.17, 15) is 9.18 Å². The predicted molar refractivity (Wildman–Crippen MR) is 57.6 cm³/mol. The van der Waals surface area contributed by atoms with Crippen LogP contribution in [0.15, 0.2) is 18.2 Å². The monoisotopic (exact) mass is 255 g/mol. The van der Waals surface area contributed by atoms with Crippen molar-refractivity contribution in [2.45, 2.75) is 6.42 Å². The third-order valence-electron chi connectivity index (χ3n) is 2.08. The van der Waals surface area contributed by atoms with E-state index < -0.39 is 11.8 Å². The van der Waals surface area contributed by atoms with Gasteiger partial charge in [0, 0.05) is 6.42 Å². The van der Waals surface area contributed by atoms with Crippen molar-refractivity contribution in [2.24, 2.45) is 0 Å². The van der Waals surface area contributed by atoms with Gasteiger partial charge in [0.15, 0.2) is 0 Å². The quantitative estimate of drug-likeness (QED) is 0.878. The fourth-order valence-corrected chi connectivity index (χ4v) is 1.52. The molecule has 0 aliphatic rings. The standard InChI is InChI=1S/C10H7ClFN3O2/c11-6-3-5(1-2-7(6)12)4-8-13-9(10(16)17)15-14-8/h1-3H,4H2,(H,16,17)(H,13,14,15). The largest absolute Gasteiger partial charge is 0.475 e. The maximum Gasteiger partial charge on any atom is 0.375 e. The Morgan fingerprint density at radius 1 is 1.53 bits per heavy atom. The lowest BCUT2D eigenvalue weighted by Crippen LogP contribution is -1.99. The summed E-state index contributed by atoms with van der Waals surface area (Å²) in [7, 11) is 0. The number of carboxylic acids is 1. The summed E-state index contributed by atoms with van der Waals surface area (Å²) in [6, 6.07) is 4.25. The summed E-state index contributed by atoms with van der Waals surface area (Å²) in [6.45, 7) is 0. The third-order valence-corrected chi connectivity index (χ3v) is 2.37. The van der Waals surface area contributed by atoms with Crippen LogP contribution in [0.5, 0.6) is 0 Å². The molecule has 1 heterocycles.